The first-order valence-corrected chi connectivity index (χ1v) is 7.91. The van der Waals surface area contributed by atoms with E-state index in [1.54, 1.807) is 18.7 Å². The van der Waals surface area contributed by atoms with Gasteiger partial charge in [-0.05, 0) is 6.92 Å². The molecule has 1 aromatic carbocycles. The molecule has 2 aromatic heterocycles. The molecule has 1 aliphatic heterocycles. The van der Waals surface area contributed by atoms with Gasteiger partial charge in [0.2, 0.25) is 0 Å². The summed E-state index contributed by atoms with van der Waals surface area (Å²) in [6.45, 7) is 2.66. The number of aliphatic hydroxyl groups is 1. The van der Waals surface area contributed by atoms with E-state index >= 15 is 0 Å². The van der Waals surface area contributed by atoms with Gasteiger partial charge in [-0.15, -0.1) is 0 Å². The normalized spacial score (nSPS) is 20.4. The Kier molecular flexibility index (Phi) is 3.84. The number of hydrogen-bond acceptors (Lipinski definition) is 5. The van der Waals surface area contributed by atoms with Crippen molar-refractivity contribution in [1.29, 1.82) is 0 Å². The lowest BCUT2D eigenvalue weighted by Crippen LogP contribution is -2.22. The van der Waals surface area contributed by atoms with Crippen molar-refractivity contribution >= 4 is 0 Å². The van der Waals surface area contributed by atoms with Crippen molar-refractivity contribution in [2.45, 2.75) is 19.1 Å². The lowest BCUT2D eigenvalue weighted by molar-refractivity contribution is 0.119. The first kappa shape index (κ1) is 15.0. The molecule has 6 heteroatoms. The van der Waals surface area contributed by atoms with E-state index in [2.05, 4.69) is 15.0 Å². The van der Waals surface area contributed by atoms with E-state index in [4.69, 9.17) is 4.74 Å². The molecule has 122 valence electrons. The summed E-state index contributed by atoms with van der Waals surface area (Å²) in [5.74, 6) is 0.718. The van der Waals surface area contributed by atoms with E-state index in [9.17, 15) is 5.11 Å². The minimum atomic E-state index is -0.548. The third-order valence-electron chi connectivity index (χ3n) is 4.27. The fourth-order valence-corrected chi connectivity index (χ4v) is 3.02. The van der Waals surface area contributed by atoms with Crippen molar-refractivity contribution in [3.05, 3.63) is 54.9 Å². The molecule has 24 heavy (non-hydrogen) atoms. The summed E-state index contributed by atoms with van der Waals surface area (Å²) >= 11 is 0. The van der Waals surface area contributed by atoms with Gasteiger partial charge in [0, 0.05) is 23.5 Å². The highest BCUT2D eigenvalue weighted by Crippen LogP contribution is 2.34. The number of rotatable bonds is 3. The first-order valence-electron chi connectivity index (χ1n) is 7.91. The molecule has 0 radical (unpaired) electrons. The Morgan fingerprint density at radius 3 is 2.46 bits per heavy atom. The van der Waals surface area contributed by atoms with Crippen LogP contribution >= 0.6 is 0 Å². The number of aryl methyl sites for hydroxylation is 1. The standard InChI is InChI=1S/C18H18N4O2/c1-12-19-7-14(8-20-12)18-17(13-5-3-2-4-6-13)21-11-22(18)15-9-24-10-16(15)23/h2-8,11,15-16,23H,9-10H2,1H3/t15-,16+/m1/s1. The number of aliphatic hydroxyl groups excluding tert-OH is 1. The predicted octanol–water partition coefficient (Wildman–Crippen LogP) is 2.25. The van der Waals surface area contributed by atoms with Gasteiger partial charge in [0.15, 0.2) is 0 Å². The predicted molar refractivity (Wildman–Crippen MR) is 89.3 cm³/mol. The molecule has 3 heterocycles. The second-order valence-corrected chi connectivity index (χ2v) is 5.91. The van der Waals surface area contributed by atoms with Gasteiger partial charge in [0.25, 0.3) is 0 Å². The topological polar surface area (TPSA) is 73.1 Å². The molecule has 1 saturated heterocycles. The fraction of sp³-hybridized carbons (Fsp3) is 0.278. The third-order valence-corrected chi connectivity index (χ3v) is 4.27. The van der Waals surface area contributed by atoms with Crippen LogP contribution in [0.25, 0.3) is 22.5 Å². The van der Waals surface area contributed by atoms with Gasteiger partial charge < -0.3 is 14.4 Å². The molecule has 1 N–H and O–H groups in total. The van der Waals surface area contributed by atoms with E-state index in [0.717, 1.165) is 28.3 Å². The maximum atomic E-state index is 10.2. The highest BCUT2D eigenvalue weighted by Gasteiger charge is 2.31. The SMILES string of the molecule is Cc1ncc(-c2c(-c3ccccc3)ncn2[C@@H]2COC[C@@H]2O)cn1. The molecule has 1 fully saturated rings. The molecule has 0 aliphatic carbocycles. The average Bonchev–Trinajstić information content (AvgIpc) is 3.22. The van der Waals surface area contributed by atoms with Crippen LogP contribution < -0.4 is 0 Å². The third kappa shape index (κ3) is 2.60. The van der Waals surface area contributed by atoms with Crippen LogP contribution in [0.3, 0.4) is 0 Å². The zero-order chi connectivity index (χ0) is 16.5. The van der Waals surface area contributed by atoms with Gasteiger partial charge in [0.1, 0.15) is 11.9 Å². The second kappa shape index (κ2) is 6.14. The van der Waals surface area contributed by atoms with Crippen LogP contribution in [0.1, 0.15) is 11.9 Å². The Hall–Kier alpha value is -2.57. The van der Waals surface area contributed by atoms with Gasteiger partial charge in [-0.1, -0.05) is 30.3 Å². The number of imidazole rings is 1. The van der Waals surface area contributed by atoms with E-state index in [0.29, 0.717) is 13.2 Å². The van der Waals surface area contributed by atoms with Crippen LogP contribution in [0.5, 0.6) is 0 Å². The summed E-state index contributed by atoms with van der Waals surface area (Å²) in [5.41, 5.74) is 3.63. The van der Waals surface area contributed by atoms with Crippen LogP contribution in [0.4, 0.5) is 0 Å². The molecule has 0 unspecified atom stereocenters. The molecule has 2 atom stereocenters. The van der Waals surface area contributed by atoms with Crippen molar-refractivity contribution in [2.24, 2.45) is 0 Å². The lowest BCUT2D eigenvalue weighted by Gasteiger charge is -2.18. The van der Waals surface area contributed by atoms with Gasteiger partial charge in [0.05, 0.1) is 37.0 Å². The van der Waals surface area contributed by atoms with Crippen molar-refractivity contribution < 1.29 is 9.84 Å². The monoisotopic (exact) mass is 322 g/mol. The molecule has 0 spiro atoms. The largest absolute Gasteiger partial charge is 0.388 e. The van der Waals surface area contributed by atoms with Crippen molar-refractivity contribution in [2.75, 3.05) is 13.2 Å². The van der Waals surface area contributed by atoms with E-state index in [1.165, 1.54) is 0 Å². The maximum absolute atomic E-state index is 10.2. The summed E-state index contributed by atoms with van der Waals surface area (Å²) in [7, 11) is 0. The number of aromatic nitrogens is 4. The van der Waals surface area contributed by atoms with Crippen molar-refractivity contribution in [3.63, 3.8) is 0 Å². The summed E-state index contributed by atoms with van der Waals surface area (Å²) in [4.78, 5) is 13.2. The molecule has 0 bridgehead atoms. The Morgan fingerprint density at radius 2 is 1.79 bits per heavy atom. The zero-order valence-electron chi connectivity index (χ0n) is 13.3. The van der Waals surface area contributed by atoms with E-state index < -0.39 is 6.10 Å². The Morgan fingerprint density at radius 1 is 1.04 bits per heavy atom. The van der Waals surface area contributed by atoms with Gasteiger partial charge >= 0.3 is 0 Å². The lowest BCUT2D eigenvalue weighted by atomic mass is 10.1. The molecule has 3 aromatic rings. The number of benzene rings is 1. The average molecular weight is 322 g/mol. The van der Waals surface area contributed by atoms with Crippen LogP contribution in [0, 0.1) is 6.92 Å². The Labute approximate surface area is 139 Å². The Bertz CT molecular complexity index is 830. The number of hydrogen-bond donors (Lipinski definition) is 1. The van der Waals surface area contributed by atoms with Crippen molar-refractivity contribution in [1.82, 2.24) is 19.5 Å². The summed E-state index contributed by atoms with van der Waals surface area (Å²) < 4.78 is 7.40. The van der Waals surface area contributed by atoms with Crippen molar-refractivity contribution in [3.8, 4) is 22.5 Å². The molecular formula is C18H18N4O2. The fourth-order valence-electron chi connectivity index (χ4n) is 3.02. The number of nitrogens with zero attached hydrogens (tertiary/aromatic N) is 4. The van der Waals surface area contributed by atoms with Crippen LogP contribution in [-0.4, -0.2) is 43.9 Å². The highest BCUT2D eigenvalue weighted by molar-refractivity contribution is 5.78. The minimum Gasteiger partial charge on any atom is -0.388 e. The van der Waals surface area contributed by atoms with E-state index in [1.807, 2.05) is 41.8 Å². The van der Waals surface area contributed by atoms with Crippen LogP contribution in [0.15, 0.2) is 49.1 Å². The molecule has 1 aliphatic rings. The van der Waals surface area contributed by atoms with Gasteiger partial charge in [-0.3, -0.25) is 0 Å². The summed E-state index contributed by atoms with van der Waals surface area (Å²) in [6, 6.07) is 9.82. The van der Waals surface area contributed by atoms with E-state index in [-0.39, 0.29) is 6.04 Å². The minimum absolute atomic E-state index is 0.161. The molecule has 4 rings (SSSR count). The molecule has 0 saturated carbocycles. The maximum Gasteiger partial charge on any atom is 0.125 e. The highest BCUT2D eigenvalue weighted by atomic mass is 16.5. The van der Waals surface area contributed by atoms with Crippen LogP contribution in [-0.2, 0) is 4.74 Å². The zero-order valence-corrected chi connectivity index (χ0v) is 13.3. The smallest absolute Gasteiger partial charge is 0.125 e. The van der Waals surface area contributed by atoms with Crippen LogP contribution in [0.2, 0.25) is 0 Å². The first-order chi connectivity index (χ1) is 11.7. The van der Waals surface area contributed by atoms with Gasteiger partial charge in [-0.25, -0.2) is 15.0 Å². The molecule has 6 nitrogen and oxygen atoms in total. The quantitative estimate of drug-likeness (QED) is 0.800. The molecular weight excluding hydrogens is 304 g/mol. The number of ether oxygens (including phenoxy) is 1. The Balaban J connectivity index is 1.89. The summed E-state index contributed by atoms with van der Waals surface area (Å²) in [5, 5.41) is 10.2. The second-order valence-electron chi connectivity index (χ2n) is 5.91. The summed E-state index contributed by atoms with van der Waals surface area (Å²) in [6.07, 6.45) is 4.81. The van der Waals surface area contributed by atoms with Gasteiger partial charge in [-0.2, -0.15) is 0 Å². The molecule has 0 amide bonds.